The summed E-state index contributed by atoms with van der Waals surface area (Å²) >= 11 is 0. The van der Waals surface area contributed by atoms with Crippen LogP contribution in [0.4, 0.5) is 0 Å². The molecule has 13 heavy (non-hydrogen) atoms. The van der Waals surface area contributed by atoms with Gasteiger partial charge in [-0.15, -0.1) is 0 Å². The maximum absolute atomic E-state index is 10.6. The summed E-state index contributed by atoms with van der Waals surface area (Å²) in [4.78, 5) is 12.9. The van der Waals surface area contributed by atoms with Crippen molar-refractivity contribution in [3.8, 4) is 0 Å². The second-order valence-corrected chi connectivity index (χ2v) is 3.58. The molecule has 1 heterocycles. The molecular weight excluding hydrogens is 168 g/mol. The van der Waals surface area contributed by atoms with Gasteiger partial charge in [0.2, 0.25) is 0 Å². The summed E-state index contributed by atoms with van der Waals surface area (Å²) in [6.45, 7) is 3.71. The van der Waals surface area contributed by atoms with E-state index >= 15 is 0 Å². The van der Waals surface area contributed by atoms with Gasteiger partial charge in [-0.1, -0.05) is 0 Å². The summed E-state index contributed by atoms with van der Waals surface area (Å²) in [5.41, 5.74) is 0. The molecule has 0 aliphatic carbocycles. The summed E-state index contributed by atoms with van der Waals surface area (Å²) < 4.78 is 0. The van der Waals surface area contributed by atoms with Crippen molar-refractivity contribution in [2.45, 2.75) is 12.8 Å². The molecule has 1 saturated heterocycles. The molecule has 0 aromatic carbocycles. The lowest BCUT2D eigenvalue weighted by atomic mass is 10.1. The second-order valence-electron chi connectivity index (χ2n) is 3.58. The minimum absolute atomic E-state index is 0.130. The molecule has 76 valence electrons. The predicted octanol–water partition coefficient (Wildman–Crippen LogP) is 0.00240. The molecule has 0 spiro atoms. The van der Waals surface area contributed by atoms with Gasteiger partial charge in [0.1, 0.15) is 0 Å². The Morgan fingerprint density at radius 3 is 3.00 bits per heavy atom. The molecule has 0 aromatic rings. The summed E-state index contributed by atoms with van der Waals surface area (Å²) in [6, 6.07) is 0. The summed E-state index contributed by atoms with van der Waals surface area (Å²) in [5.74, 6) is -0.772. The molecule has 0 saturated carbocycles. The molecule has 0 aromatic heterocycles. The lowest BCUT2D eigenvalue weighted by molar-refractivity contribution is -0.141. The van der Waals surface area contributed by atoms with Crippen LogP contribution in [-0.2, 0) is 4.79 Å². The first-order valence-corrected chi connectivity index (χ1v) is 4.84. The first-order valence-electron chi connectivity index (χ1n) is 4.84. The van der Waals surface area contributed by atoms with Gasteiger partial charge >= 0.3 is 5.97 Å². The highest BCUT2D eigenvalue weighted by atomic mass is 16.4. The van der Waals surface area contributed by atoms with Crippen molar-refractivity contribution in [1.82, 2.24) is 10.2 Å². The number of hydrogen-bond acceptors (Lipinski definition) is 3. The Hall–Kier alpha value is -0.610. The predicted molar refractivity (Wildman–Crippen MR) is 50.7 cm³/mol. The standard InChI is InChI=1S/C9H18N2O2/c1-10-4-2-5-11-6-3-8(7-11)9(12)13/h8,10H,2-7H2,1H3,(H,12,13). The maximum atomic E-state index is 10.6. The number of likely N-dealkylation sites (tertiary alicyclic amines) is 1. The van der Waals surface area contributed by atoms with Crippen LogP contribution in [0.3, 0.4) is 0 Å². The molecule has 0 radical (unpaired) electrons. The normalized spacial score (nSPS) is 23.6. The van der Waals surface area contributed by atoms with E-state index in [1.165, 1.54) is 0 Å². The molecule has 1 aliphatic rings. The van der Waals surface area contributed by atoms with E-state index in [-0.39, 0.29) is 5.92 Å². The molecule has 2 N–H and O–H groups in total. The number of carbonyl (C=O) groups is 1. The van der Waals surface area contributed by atoms with E-state index in [0.717, 1.165) is 39.0 Å². The van der Waals surface area contributed by atoms with Crippen molar-refractivity contribution in [3.63, 3.8) is 0 Å². The van der Waals surface area contributed by atoms with Crippen molar-refractivity contribution in [1.29, 1.82) is 0 Å². The van der Waals surface area contributed by atoms with E-state index in [2.05, 4.69) is 10.2 Å². The highest BCUT2D eigenvalue weighted by Gasteiger charge is 2.27. The SMILES string of the molecule is CNCCCN1CCC(C(=O)O)C1. The van der Waals surface area contributed by atoms with Crippen molar-refractivity contribution in [2.24, 2.45) is 5.92 Å². The van der Waals surface area contributed by atoms with E-state index in [1.807, 2.05) is 7.05 Å². The van der Waals surface area contributed by atoms with E-state index in [4.69, 9.17) is 5.11 Å². The third kappa shape index (κ3) is 3.32. The zero-order valence-corrected chi connectivity index (χ0v) is 8.12. The first-order chi connectivity index (χ1) is 6.24. The molecule has 0 amide bonds. The summed E-state index contributed by atoms with van der Waals surface area (Å²) in [5, 5.41) is 11.8. The zero-order valence-electron chi connectivity index (χ0n) is 8.12. The van der Waals surface area contributed by atoms with Gasteiger partial charge in [0, 0.05) is 6.54 Å². The van der Waals surface area contributed by atoms with Crippen molar-refractivity contribution in [2.75, 3.05) is 33.2 Å². The van der Waals surface area contributed by atoms with Crippen molar-refractivity contribution < 1.29 is 9.90 Å². The minimum Gasteiger partial charge on any atom is -0.481 e. The van der Waals surface area contributed by atoms with Gasteiger partial charge in [-0.2, -0.15) is 0 Å². The van der Waals surface area contributed by atoms with Crippen LogP contribution in [0, 0.1) is 5.92 Å². The Morgan fingerprint density at radius 1 is 1.69 bits per heavy atom. The quantitative estimate of drug-likeness (QED) is 0.594. The van der Waals surface area contributed by atoms with Crippen LogP contribution in [0.5, 0.6) is 0 Å². The number of hydrogen-bond donors (Lipinski definition) is 2. The minimum atomic E-state index is -0.642. The Morgan fingerprint density at radius 2 is 2.46 bits per heavy atom. The topological polar surface area (TPSA) is 52.6 Å². The van der Waals surface area contributed by atoms with E-state index in [1.54, 1.807) is 0 Å². The van der Waals surface area contributed by atoms with Crippen LogP contribution in [0.1, 0.15) is 12.8 Å². The monoisotopic (exact) mass is 186 g/mol. The third-order valence-electron chi connectivity index (χ3n) is 2.52. The molecule has 4 heteroatoms. The average molecular weight is 186 g/mol. The highest BCUT2D eigenvalue weighted by molar-refractivity contribution is 5.70. The van der Waals surface area contributed by atoms with Crippen molar-refractivity contribution >= 4 is 5.97 Å². The molecule has 1 fully saturated rings. The average Bonchev–Trinajstić information content (AvgIpc) is 2.53. The fourth-order valence-electron chi connectivity index (χ4n) is 1.72. The van der Waals surface area contributed by atoms with Crippen LogP contribution in [-0.4, -0.2) is 49.2 Å². The molecular formula is C9H18N2O2. The Bertz CT molecular complexity index is 173. The van der Waals surface area contributed by atoms with Crippen LogP contribution in [0.25, 0.3) is 0 Å². The number of carboxylic acid groups (broad SMARTS) is 1. The number of nitrogens with zero attached hydrogens (tertiary/aromatic N) is 1. The molecule has 1 rings (SSSR count). The van der Waals surface area contributed by atoms with Crippen LogP contribution < -0.4 is 5.32 Å². The van der Waals surface area contributed by atoms with Gasteiger partial charge in [0.15, 0.2) is 0 Å². The van der Waals surface area contributed by atoms with Gasteiger partial charge in [0.05, 0.1) is 5.92 Å². The van der Waals surface area contributed by atoms with E-state index in [0.29, 0.717) is 0 Å². The number of carboxylic acids is 1. The van der Waals surface area contributed by atoms with Crippen LogP contribution >= 0.6 is 0 Å². The number of rotatable bonds is 5. The van der Waals surface area contributed by atoms with Gasteiger partial charge < -0.3 is 15.3 Å². The van der Waals surface area contributed by atoms with Gasteiger partial charge in [-0.3, -0.25) is 4.79 Å². The third-order valence-corrected chi connectivity index (χ3v) is 2.52. The number of nitrogens with one attached hydrogen (secondary N) is 1. The summed E-state index contributed by atoms with van der Waals surface area (Å²) in [6.07, 6.45) is 1.91. The van der Waals surface area contributed by atoms with Gasteiger partial charge in [-0.05, 0) is 39.5 Å². The largest absolute Gasteiger partial charge is 0.481 e. The molecule has 0 bridgehead atoms. The van der Waals surface area contributed by atoms with E-state index < -0.39 is 5.97 Å². The fourth-order valence-corrected chi connectivity index (χ4v) is 1.72. The highest BCUT2D eigenvalue weighted by Crippen LogP contribution is 2.15. The summed E-state index contributed by atoms with van der Waals surface area (Å²) in [7, 11) is 1.93. The second kappa shape index (κ2) is 5.19. The molecule has 4 nitrogen and oxygen atoms in total. The first kappa shape index (κ1) is 10.5. The fraction of sp³-hybridized carbons (Fsp3) is 0.889. The lowest BCUT2D eigenvalue weighted by Gasteiger charge is -2.14. The number of aliphatic carboxylic acids is 1. The van der Waals surface area contributed by atoms with Crippen molar-refractivity contribution in [3.05, 3.63) is 0 Å². The molecule has 1 atom stereocenters. The van der Waals surface area contributed by atoms with Gasteiger partial charge in [0.25, 0.3) is 0 Å². The van der Waals surface area contributed by atoms with Gasteiger partial charge in [-0.25, -0.2) is 0 Å². The Labute approximate surface area is 78.9 Å². The van der Waals surface area contributed by atoms with Crippen LogP contribution in [0.15, 0.2) is 0 Å². The zero-order chi connectivity index (χ0) is 9.68. The molecule has 1 unspecified atom stereocenters. The van der Waals surface area contributed by atoms with Crippen LogP contribution in [0.2, 0.25) is 0 Å². The maximum Gasteiger partial charge on any atom is 0.307 e. The molecule has 1 aliphatic heterocycles. The Balaban J connectivity index is 2.14. The lowest BCUT2D eigenvalue weighted by Crippen LogP contribution is -2.26. The smallest absolute Gasteiger partial charge is 0.307 e. The Kier molecular flexibility index (Phi) is 4.18. The van der Waals surface area contributed by atoms with E-state index in [9.17, 15) is 4.79 Å².